The van der Waals surface area contributed by atoms with Gasteiger partial charge in [0.05, 0.1) is 24.2 Å². The molecule has 5 nitrogen and oxygen atoms in total. The van der Waals surface area contributed by atoms with E-state index in [1.54, 1.807) is 12.1 Å². The first-order chi connectivity index (χ1) is 12.0. The van der Waals surface area contributed by atoms with Gasteiger partial charge in [-0.1, -0.05) is 42.5 Å². The van der Waals surface area contributed by atoms with Crippen LogP contribution in [0.5, 0.6) is 0 Å². The Bertz CT molecular complexity index is 790. The zero-order valence-corrected chi connectivity index (χ0v) is 15.0. The van der Waals surface area contributed by atoms with E-state index < -0.39 is 9.84 Å². The Labute approximate surface area is 148 Å². The van der Waals surface area contributed by atoms with E-state index >= 15 is 0 Å². The topological polar surface area (TPSA) is 66.8 Å². The third-order valence-electron chi connectivity index (χ3n) is 4.51. The van der Waals surface area contributed by atoms with E-state index in [-0.39, 0.29) is 18.8 Å². The molecule has 0 saturated carbocycles. The minimum atomic E-state index is -3.19. The van der Waals surface area contributed by atoms with Crippen molar-refractivity contribution >= 4 is 9.84 Å². The van der Waals surface area contributed by atoms with Crippen LogP contribution in [0.15, 0.2) is 59.5 Å². The maximum Gasteiger partial charge on any atom is 0.175 e. The molecular weight excluding hydrogens is 338 g/mol. The van der Waals surface area contributed by atoms with E-state index in [1.165, 1.54) is 6.26 Å². The molecule has 2 aromatic carbocycles. The molecule has 1 saturated heterocycles. The number of nitrogens with zero attached hydrogens (tertiary/aromatic N) is 1. The van der Waals surface area contributed by atoms with Gasteiger partial charge in [0, 0.05) is 19.3 Å². The molecule has 1 N–H and O–H groups in total. The number of aliphatic hydroxyl groups excluding tert-OH is 1. The SMILES string of the molecule is CS(=O)(=O)c1ccc(CN2CCO[C@H](CO)[C@H]2c2ccccc2)cc1. The highest BCUT2D eigenvalue weighted by atomic mass is 32.2. The summed E-state index contributed by atoms with van der Waals surface area (Å²) in [6.45, 7) is 1.95. The predicted molar refractivity (Wildman–Crippen MR) is 96.0 cm³/mol. The highest BCUT2D eigenvalue weighted by Crippen LogP contribution is 2.30. The number of rotatable bonds is 5. The maximum atomic E-state index is 11.6. The largest absolute Gasteiger partial charge is 0.394 e. The maximum absolute atomic E-state index is 11.6. The van der Waals surface area contributed by atoms with Crippen LogP contribution in [0.4, 0.5) is 0 Å². The minimum Gasteiger partial charge on any atom is -0.394 e. The molecule has 1 aliphatic heterocycles. The summed E-state index contributed by atoms with van der Waals surface area (Å²) in [6, 6.07) is 17.0. The van der Waals surface area contributed by atoms with Crippen molar-refractivity contribution in [3.05, 3.63) is 65.7 Å². The van der Waals surface area contributed by atoms with Gasteiger partial charge in [0.15, 0.2) is 9.84 Å². The fourth-order valence-corrected chi connectivity index (χ4v) is 3.90. The molecule has 0 amide bonds. The van der Waals surface area contributed by atoms with Crippen molar-refractivity contribution in [3.63, 3.8) is 0 Å². The van der Waals surface area contributed by atoms with Crippen molar-refractivity contribution in [1.29, 1.82) is 0 Å². The van der Waals surface area contributed by atoms with Gasteiger partial charge in [0.1, 0.15) is 6.10 Å². The number of hydrogen-bond acceptors (Lipinski definition) is 5. The van der Waals surface area contributed by atoms with E-state index in [1.807, 2.05) is 42.5 Å². The Hall–Kier alpha value is -1.73. The molecule has 2 aromatic rings. The molecule has 134 valence electrons. The third-order valence-corrected chi connectivity index (χ3v) is 5.64. The van der Waals surface area contributed by atoms with Crippen LogP contribution in [0.25, 0.3) is 0 Å². The third kappa shape index (κ3) is 4.27. The van der Waals surface area contributed by atoms with E-state index in [2.05, 4.69) is 4.90 Å². The Kier molecular flexibility index (Phi) is 5.54. The average Bonchev–Trinajstić information content (AvgIpc) is 2.62. The number of aliphatic hydroxyl groups is 1. The van der Waals surface area contributed by atoms with Gasteiger partial charge in [0.2, 0.25) is 0 Å². The first-order valence-electron chi connectivity index (χ1n) is 8.29. The van der Waals surface area contributed by atoms with Gasteiger partial charge >= 0.3 is 0 Å². The molecule has 0 aliphatic carbocycles. The van der Waals surface area contributed by atoms with Gasteiger partial charge < -0.3 is 9.84 Å². The summed E-state index contributed by atoms with van der Waals surface area (Å²) in [6.07, 6.45) is 0.938. The summed E-state index contributed by atoms with van der Waals surface area (Å²) in [7, 11) is -3.19. The lowest BCUT2D eigenvalue weighted by molar-refractivity contribution is -0.0960. The summed E-state index contributed by atoms with van der Waals surface area (Å²) in [5.41, 5.74) is 2.14. The number of benzene rings is 2. The zero-order chi connectivity index (χ0) is 17.9. The van der Waals surface area contributed by atoms with Gasteiger partial charge in [0.25, 0.3) is 0 Å². The van der Waals surface area contributed by atoms with E-state index in [4.69, 9.17) is 4.74 Å². The molecule has 1 fully saturated rings. The number of morpholine rings is 1. The average molecular weight is 361 g/mol. The molecule has 0 bridgehead atoms. The van der Waals surface area contributed by atoms with E-state index in [0.29, 0.717) is 18.0 Å². The molecule has 0 spiro atoms. The molecule has 25 heavy (non-hydrogen) atoms. The lowest BCUT2D eigenvalue weighted by Crippen LogP contribution is -2.46. The van der Waals surface area contributed by atoms with Gasteiger partial charge in [-0.15, -0.1) is 0 Å². The molecule has 0 unspecified atom stereocenters. The van der Waals surface area contributed by atoms with Crippen molar-refractivity contribution in [2.75, 3.05) is 26.0 Å². The summed E-state index contributed by atoms with van der Waals surface area (Å²) in [5, 5.41) is 9.71. The highest BCUT2D eigenvalue weighted by Gasteiger charge is 2.33. The minimum absolute atomic E-state index is 0.0328. The van der Waals surface area contributed by atoms with Crippen molar-refractivity contribution in [2.45, 2.75) is 23.6 Å². The van der Waals surface area contributed by atoms with Crippen LogP contribution in [0.2, 0.25) is 0 Å². The number of ether oxygens (including phenoxy) is 1. The smallest absolute Gasteiger partial charge is 0.175 e. The van der Waals surface area contributed by atoms with Crippen LogP contribution in [-0.4, -0.2) is 50.5 Å². The van der Waals surface area contributed by atoms with Crippen LogP contribution in [0.3, 0.4) is 0 Å². The second kappa shape index (κ2) is 7.66. The fraction of sp³-hybridized carbons (Fsp3) is 0.368. The van der Waals surface area contributed by atoms with Crippen LogP contribution in [0, 0.1) is 0 Å². The summed E-state index contributed by atoms with van der Waals surface area (Å²) in [4.78, 5) is 2.60. The fourth-order valence-electron chi connectivity index (χ4n) is 3.27. The quantitative estimate of drug-likeness (QED) is 0.883. The summed E-state index contributed by atoms with van der Waals surface area (Å²) in [5.74, 6) is 0. The van der Waals surface area contributed by atoms with Gasteiger partial charge in [-0.2, -0.15) is 0 Å². The monoisotopic (exact) mass is 361 g/mol. The molecule has 0 radical (unpaired) electrons. The zero-order valence-electron chi connectivity index (χ0n) is 14.2. The molecule has 3 rings (SSSR count). The molecule has 2 atom stereocenters. The van der Waals surface area contributed by atoms with E-state index in [0.717, 1.165) is 17.7 Å². The van der Waals surface area contributed by atoms with Crippen LogP contribution < -0.4 is 0 Å². The first kappa shape index (κ1) is 18.1. The second-order valence-electron chi connectivity index (χ2n) is 6.33. The normalized spacial score (nSPS) is 22.0. The predicted octanol–water partition coefficient (Wildman–Crippen LogP) is 2.02. The molecule has 6 heteroatoms. The standard InChI is InChI=1S/C19H23NO4S/c1-25(22,23)17-9-7-15(8-10-17)13-20-11-12-24-18(14-21)19(20)16-5-3-2-4-6-16/h2-10,18-19,21H,11-14H2,1H3/t18-,19-/m1/s1. The summed E-state index contributed by atoms with van der Waals surface area (Å²) >= 11 is 0. The number of sulfone groups is 1. The van der Waals surface area contributed by atoms with Crippen LogP contribution in [-0.2, 0) is 21.1 Å². The first-order valence-corrected chi connectivity index (χ1v) is 10.2. The van der Waals surface area contributed by atoms with Crippen molar-refractivity contribution in [3.8, 4) is 0 Å². The Morgan fingerprint density at radius 2 is 1.80 bits per heavy atom. The molecular formula is C19H23NO4S. The molecule has 0 aromatic heterocycles. The highest BCUT2D eigenvalue weighted by molar-refractivity contribution is 7.90. The van der Waals surface area contributed by atoms with Crippen molar-refractivity contribution in [1.82, 2.24) is 4.90 Å². The van der Waals surface area contributed by atoms with Crippen molar-refractivity contribution < 1.29 is 18.3 Å². The Balaban J connectivity index is 1.83. The molecule has 1 aliphatic rings. The van der Waals surface area contributed by atoms with Gasteiger partial charge in [-0.3, -0.25) is 4.90 Å². The van der Waals surface area contributed by atoms with Crippen LogP contribution in [0.1, 0.15) is 17.2 Å². The molecule has 1 heterocycles. The second-order valence-corrected chi connectivity index (χ2v) is 8.35. The number of hydrogen-bond donors (Lipinski definition) is 1. The Morgan fingerprint density at radius 1 is 1.12 bits per heavy atom. The van der Waals surface area contributed by atoms with E-state index in [9.17, 15) is 13.5 Å². The lowest BCUT2D eigenvalue weighted by atomic mass is 9.97. The van der Waals surface area contributed by atoms with Crippen LogP contribution >= 0.6 is 0 Å². The lowest BCUT2D eigenvalue weighted by Gasteiger charge is -2.41. The van der Waals surface area contributed by atoms with Gasteiger partial charge in [-0.25, -0.2) is 8.42 Å². The Morgan fingerprint density at radius 3 is 2.40 bits per heavy atom. The van der Waals surface area contributed by atoms with Gasteiger partial charge in [-0.05, 0) is 23.3 Å². The van der Waals surface area contributed by atoms with Crippen molar-refractivity contribution in [2.24, 2.45) is 0 Å². The summed E-state index contributed by atoms with van der Waals surface area (Å²) < 4.78 is 29.0.